The number of carbonyl (C=O) groups is 1. The van der Waals surface area contributed by atoms with Gasteiger partial charge in [0.2, 0.25) is 0 Å². The van der Waals surface area contributed by atoms with Crippen molar-refractivity contribution in [1.82, 2.24) is 4.90 Å². The number of methoxy groups -OCH3 is 1. The number of nitrogens with zero attached hydrogens (tertiary/aromatic N) is 1. The van der Waals surface area contributed by atoms with Gasteiger partial charge in [-0.25, -0.2) is 4.39 Å². The first-order valence-electron chi connectivity index (χ1n) is 12.9. The van der Waals surface area contributed by atoms with Crippen LogP contribution in [0.25, 0.3) is 0 Å². The van der Waals surface area contributed by atoms with Gasteiger partial charge in [-0.05, 0) is 72.7 Å². The zero-order valence-electron chi connectivity index (χ0n) is 21.6. The summed E-state index contributed by atoms with van der Waals surface area (Å²) in [5.41, 5.74) is -0.902. The summed E-state index contributed by atoms with van der Waals surface area (Å²) >= 11 is 15.9. The van der Waals surface area contributed by atoms with Gasteiger partial charge in [0.25, 0.3) is 5.91 Å². The van der Waals surface area contributed by atoms with Gasteiger partial charge >= 0.3 is 0 Å². The lowest BCUT2D eigenvalue weighted by molar-refractivity contribution is -0.0884. The smallest absolute Gasteiger partial charge is 0.257 e. The molecular weight excluding hydrogens is 608 g/mol. The number of halogens is 4. The zero-order chi connectivity index (χ0) is 27.9. The van der Waals surface area contributed by atoms with Crippen LogP contribution in [0.5, 0.6) is 0 Å². The van der Waals surface area contributed by atoms with Gasteiger partial charge in [0.1, 0.15) is 5.82 Å². The van der Waals surface area contributed by atoms with Crippen molar-refractivity contribution >= 4 is 45.0 Å². The summed E-state index contributed by atoms with van der Waals surface area (Å²) in [6.07, 6.45) is 1.68. The maximum Gasteiger partial charge on any atom is 0.257 e. The van der Waals surface area contributed by atoms with E-state index in [0.29, 0.717) is 58.1 Å². The van der Waals surface area contributed by atoms with Crippen LogP contribution in [-0.4, -0.2) is 36.2 Å². The Balaban J connectivity index is 1.70. The fourth-order valence-electron chi connectivity index (χ4n) is 6.01. The largest absolute Gasteiger partial charge is 0.385 e. The summed E-state index contributed by atoms with van der Waals surface area (Å²) in [4.78, 5) is 15.7. The van der Waals surface area contributed by atoms with Crippen molar-refractivity contribution in [3.8, 4) is 0 Å². The van der Waals surface area contributed by atoms with Gasteiger partial charge < -0.3 is 14.6 Å². The second-order valence-corrected chi connectivity index (χ2v) is 11.8. The average Bonchev–Trinajstić information content (AvgIpc) is 3.19. The highest BCUT2D eigenvalue weighted by Crippen LogP contribution is 2.49. The molecule has 206 valence electrons. The molecule has 0 saturated carbocycles. The third-order valence-corrected chi connectivity index (χ3v) is 9.32. The molecule has 3 aromatic rings. The van der Waals surface area contributed by atoms with E-state index in [9.17, 15) is 9.90 Å². The summed E-state index contributed by atoms with van der Waals surface area (Å²) in [6, 6.07) is 15.1. The van der Waals surface area contributed by atoms with Crippen LogP contribution in [0.2, 0.25) is 10.0 Å². The molecule has 9 heteroatoms. The van der Waals surface area contributed by atoms with Crippen LogP contribution in [0.3, 0.4) is 0 Å². The minimum absolute atomic E-state index is 0.106. The lowest BCUT2D eigenvalue weighted by Crippen LogP contribution is -2.46. The van der Waals surface area contributed by atoms with Crippen molar-refractivity contribution in [2.75, 3.05) is 20.3 Å². The quantitative estimate of drug-likeness (QED) is 0.293. The molecule has 3 aromatic carbocycles. The van der Waals surface area contributed by atoms with E-state index < -0.39 is 23.1 Å². The predicted octanol–water partition coefficient (Wildman–Crippen LogP) is 7.42. The normalized spacial score (nSPS) is 21.2. The molecule has 2 aliphatic heterocycles. The number of amides is 1. The second kappa shape index (κ2) is 11.1. The number of aliphatic hydroxyl groups is 1. The Kier molecular flexibility index (Phi) is 8.13. The number of ether oxygens (including phenoxy) is 2. The van der Waals surface area contributed by atoms with Crippen molar-refractivity contribution < 1.29 is 23.8 Å². The summed E-state index contributed by atoms with van der Waals surface area (Å²) < 4.78 is 28.7. The Hall–Kier alpha value is -2.00. The van der Waals surface area contributed by atoms with Crippen LogP contribution in [0, 0.1) is 11.7 Å². The molecule has 2 aliphatic rings. The van der Waals surface area contributed by atoms with Crippen molar-refractivity contribution in [1.29, 1.82) is 0 Å². The molecule has 1 saturated heterocycles. The topological polar surface area (TPSA) is 59.0 Å². The highest BCUT2D eigenvalue weighted by atomic mass is 79.9. The molecule has 0 radical (unpaired) electrons. The first-order valence-corrected chi connectivity index (χ1v) is 14.4. The highest BCUT2D eigenvalue weighted by molar-refractivity contribution is 9.10. The van der Waals surface area contributed by atoms with Gasteiger partial charge in [-0.15, -0.1) is 0 Å². The lowest BCUT2D eigenvalue weighted by Gasteiger charge is -2.39. The Labute approximate surface area is 245 Å². The molecule has 2 heterocycles. The Bertz CT molecular complexity index is 1400. The monoisotopic (exact) mass is 635 g/mol. The molecule has 5 rings (SSSR count). The number of hydrogen-bond acceptors (Lipinski definition) is 4. The number of benzene rings is 3. The van der Waals surface area contributed by atoms with Crippen molar-refractivity contribution in [2.24, 2.45) is 5.92 Å². The van der Waals surface area contributed by atoms with E-state index in [2.05, 4.69) is 15.9 Å². The van der Waals surface area contributed by atoms with E-state index in [-0.39, 0.29) is 23.6 Å². The van der Waals surface area contributed by atoms with Gasteiger partial charge in [0.05, 0.1) is 23.3 Å². The first kappa shape index (κ1) is 28.5. The van der Waals surface area contributed by atoms with E-state index >= 15 is 4.39 Å². The molecule has 0 aliphatic carbocycles. The van der Waals surface area contributed by atoms with Crippen LogP contribution < -0.4 is 0 Å². The molecule has 1 N–H and O–H groups in total. The number of fused-ring (bicyclic) bond motifs is 1. The van der Waals surface area contributed by atoms with Crippen LogP contribution in [0.4, 0.5) is 4.39 Å². The Morgan fingerprint density at radius 3 is 2.41 bits per heavy atom. The summed E-state index contributed by atoms with van der Waals surface area (Å²) in [7, 11) is 1.46. The number of carbonyl (C=O) groups excluding carboxylic acids is 1. The summed E-state index contributed by atoms with van der Waals surface area (Å²) in [5, 5.41) is 12.9. The lowest BCUT2D eigenvalue weighted by atomic mass is 9.74. The van der Waals surface area contributed by atoms with E-state index in [1.165, 1.54) is 18.1 Å². The predicted molar refractivity (Wildman–Crippen MR) is 152 cm³/mol. The van der Waals surface area contributed by atoms with Gasteiger partial charge in [0.15, 0.2) is 5.72 Å². The van der Waals surface area contributed by atoms with Gasteiger partial charge in [-0.1, -0.05) is 64.3 Å². The molecule has 0 bridgehead atoms. The second-order valence-electron chi connectivity index (χ2n) is 10.0. The van der Waals surface area contributed by atoms with E-state index in [1.54, 1.807) is 42.5 Å². The molecule has 1 unspecified atom stereocenters. The minimum Gasteiger partial charge on any atom is -0.385 e. The van der Waals surface area contributed by atoms with Gasteiger partial charge in [-0.2, -0.15) is 0 Å². The molecule has 1 amide bonds. The maximum atomic E-state index is 16.4. The molecule has 39 heavy (non-hydrogen) atoms. The fourth-order valence-corrected chi connectivity index (χ4v) is 6.94. The van der Waals surface area contributed by atoms with Crippen LogP contribution >= 0.6 is 39.1 Å². The average molecular weight is 637 g/mol. The third-order valence-electron chi connectivity index (χ3n) is 8.09. The molecule has 5 nitrogen and oxygen atoms in total. The number of rotatable bonds is 7. The highest BCUT2D eigenvalue weighted by Gasteiger charge is 2.54. The Morgan fingerprint density at radius 1 is 1.13 bits per heavy atom. The summed E-state index contributed by atoms with van der Waals surface area (Å²) in [6.45, 7) is 3.05. The van der Waals surface area contributed by atoms with Gasteiger partial charge in [0, 0.05) is 40.4 Å². The molecular formula is C30H29BrCl2FNO4. The Morgan fingerprint density at radius 2 is 1.79 bits per heavy atom. The zero-order valence-corrected chi connectivity index (χ0v) is 24.7. The molecule has 2 atom stereocenters. The van der Waals surface area contributed by atoms with Crippen molar-refractivity contribution in [3.05, 3.63) is 103 Å². The van der Waals surface area contributed by atoms with Crippen LogP contribution in [-0.2, 0) is 27.3 Å². The van der Waals surface area contributed by atoms with Crippen LogP contribution in [0.15, 0.2) is 59.1 Å². The van der Waals surface area contributed by atoms with Crippen LogP contribution in [0.1, 0.15) is 58.8 Å². The van der Waals surface area contributed by atoms with E-state index in [0.717, 1.165) is 5.56 Å². The van der Waals surface area contributed by atoms with E-state index in [4.69, 9.17) is 32.7 Å². The summed E-state index contributed by atoms with van der Waals surface area (Å²) in [5.74, 6) is -1.14. The first-order chi connectivity index (χ1) is 18.7. The van der Waals surface area contributed by atoms with Crippen molar-refractivity contribution in [3.63, 3.8) is 0 Å². The van der Waals surface area contributed by atoms with Crippen molar-refractivity contribution in [2.45, 2.75) is 44.1 Å². The fraction of sp³-hybridized carbons (Fsp3) is 0.367. The van der Waals surface area contributed by atoms with E-state index in [1.807, 2.05) is 13.0 Å². The maximum absolute atomic E-state index is 16.4. The number of hydrogen-bond donors (Lipinski definition) is 1. The third kappa shape index (κ3) is 4.81. The van der Waals surface area contributed by atoms with Gasteiger partial charge in [-0.3, -0.25) is 9.69 Å². The SMILES string of the molecule is CCC(O)(c1cc(F)c2c(c1)C(=O)N(Cc1ccc(Cl)cc1Br)[C@@]2(OC)c1ccc(Cl)cc1)C1CCOCC1. The standard InChI is InChI=1S/C30H29BrCl2FNO4/c1-3-29(37,19-10-12-39-13-11-19)21-14-24-27(26(34)15-21)30(38-2,20-5-8-22(32)9-6-20)35(28(24)36)17-18-4-7-23(33)16-25(18)31/h4-9,14-16,19,37H,3,10-13,17H2,1-2H3/t29?,30-/m1/s1. The molecule has 0 aromatic heterocycles. The minimum atomic E-state index is -1.57. The molecule has 0 spiro atoms. The molecule has 1 fully saturated rings.